The predicted molar refractivity (Wildman–Crippen MR) is 80.5 cm³/mol. The van der Waals surface area contributed by atoms with Crippen molar-refractivity contribution in [3.63, 3.8) is 0 Å². The molecule has 0 saturated heterocycles. The van der Waals surface area contributed by atoms with E-state index < -0.39 is 12.8 Å². The third kappa shape index (κ3) is 5.26. The fourth-order valence-electron chi connectivity index (χ4n) is 1.82. The lowest BCUT2D eigenvalue weighted by Crippen LogP contribution is -2.00. The number of unbranched alkanes of at least 4 members (excludes halogenated alkanes) is 3. The molecule has 0 N–H and O–H groups in total. The fourth-order valence-corrected chi connectivity index (χ4v) is 2.42. The number of thioether (sulfide) groups is 1. The second-order valence-corrected chi connectivity index (χ2v) is 5.16. The Morgan fingerprint density at radius 2 is 1.94 bits per heavy atom. The Morgan fingerprint density at radius 3 is 2.67 bits per heavy atom. The molecule has 0 aromatic heterocycles. The van der Waals surface area contributed by atoms with Crippen molar-refractivity contribution in [1.29, 1.82) is 0 Å². The van der Waals surface area contributed by atoms with E-state index in [1.807, 2.05) is 24.5 Å². The summed E-state index contributed by atoms with van der Waals surface area (Å²) in [4.78, 5) is 13.2. The molecule has 0 amide bonds. The molecule has 0 aliphatic heterocycles. The fraction of sp³-hybridized carbons (Fsp3) is 0.562. The monoisotopic (exact) mass is 266 g/mol. The van der Waals surface area contributed by atoms with Crippen molar-refractivity contribution in [1.82, 2.24) is 0 Å². The van der Waals surface area contributed by atoms with E-state index in [9.17, 15) is 4.79 Å². The van der Waals surface area contributed by atoms with Gasteiger partial charge in [-0.05, 0) is 18.7 Å². The average molecular weight is 266 g/mol. The highest BCUT2D eigenvalue weighted by Crippen LogP contribution is 2.22. The summed E-state index contributed by atoms with van der Waals surface area (Å²) in [6.45, 7) is 2.15. The molecule has 0 aliphatic rings. The number of benzene rings is 1. The second-order valence-electron chi connectivity index (χ2n) is 4.32. The maximum Gasteiger partial charge on any atom is 0.163 e. The lowest BCUT2D eigenvalue weighted by Gasteiger charge is -2.06. The van der Waals surface area contributed by atoms with Crippen LogP contribution in [0.2, 0.25) is 0 Å². The van der Waals surface area contributed by atoms with Crippen LogP contribution in [0.15, 0.2) is 29.2 Å². The Labute approximate surface area is 118 Å². The summed E-state index contributed by atoms with van der Waals surface area (Å²) in [6.07, 6.45) is 5.34. The van der Waals surface area contributed by atoms with Gasteiger partial charge in [-0.25, -0.2) is 0 Å². The van der Waals surface area contributed by atoms with E-state index in [0.29, 0.717) is 12.0 Å². The third-order valence-electron chi connectivity index (χ3n) is 2.87. The zero-order valence-electron chi connectivity index (χ0n) is 13.3. The van der Waals surface area contributed by atoms with Gasteiger partial charge in [-0.15, -0.1) is 11.8 Å². The minimum absolute atomic E-state index is 0.217. The summed E-state index contributed by atoms with van der Waals surface area (Å²) in [6, 6.07) is 7.37. The molecule has 18 heavy (non-hydrogen) atoms. The van der Waals surface area contributed by atoms with E-state index >= 15 is 0 Å². The number of Topliss-reactive ketones (excluding diaryl/α,β-unsaturated/α-hetero) is 1. The van der Waals surface area contributed by atoms with Gasteiger partial charge in [0.25, 0.3) is 0 Å². The van der Waals surface area contributed by atoms with Gasteiger partial charge in [0.2, 0.25) is 0 Å². The number of carbonyl (C=O) groups is 1. The van der Waals surface area contributed by atoms with Crippen LogP contribution < -0.4 is 0 Å². The third-order valence-corrected chi connectivity index (χ3v) is 3.66. The average Bonchev–Trinajstić information content (AvgIpc) is 2.49. The largest absolute Gasteiger partial charge is 0.294 e. The van der Waals surface area contributed by atoms with Crippen molar-refractivity contribution in [3.05, 3.63) is 29.8 Å². The molecule has 0 radical (unpaired) electrons. The first-order valence-corrected chi connectivity index (χ1v) is 7.86. The summed E-state index contributed by atoms with van der Waals surface area (Å²) in [5.41, 5.74) is 0.589. The van der Waals surface area contributed by atoms with Crippen LogP contribution in [0.4, 0.5) is 0 Å². The zero-order chi connectivity index (χ0) is 15.0. The van der Waals surface area contributed by atoms with Gasteiger partial charge in [-0.3, -0.25) is 4.79 Å². The molecule has 0 fully saturated rings. The first kappa shape index (κ1) is 12.3. The Morgan fingerprint density at radius 1 is 1.22 bits per heavy atom. The van der Waals surface area contributed by atoms with Crippen LogP contribution in [-0.4, -0.2) is 12.0 Å². The number of hydrogen-bond acceptors (Lipinski definition) is 2. The highest BCUT2D eigenvalue weighted by Gasteiger charge is 2.09. The van der Waals surface area contributed by atoms with Crippen molar-refractivity contribution in [2.75, 3.05) is 6.26 Å². The van der Waals surface area contributed by atoms with Crippen LogP contribution in [0.1, 0.15) is 64.9 Å². The molecule has 0 heterocycles. The maximum absolute atomic E-state index is 12.3. The molecule has 2 heteroatoms. The van der Waals surface area contributed by atoms with Gasteiger partial charge in [-0.1, -0.05) is 57.2 Å². The van der Waals surface area contributed by atoms with Crippen LogP contribution in [0.5, 0.6) is 0 Å². The normalized spacial score (nSPS) is 15.7. The highest BCUT2D eigenvalue weighted by atomic mass is 32.2. The topological polar surface area (TPSA) is 17.1 Å². The van der Waals surface area contributed by atoms with E-state index in [1.54, 1.807) is 6.07 Å². The Balaban J connectivity index is 2.61. The minimum atomic E-state index is -0.968. The van der Waals surface area contributed by atoms with E-state index in [4.69, 9.17) is 2.74 Å². The molecule has 2 unspecified atom stereocenters. The Hall–Kier alpha value is -0.760. The summed E-state index contributed by atoms with van der Waals surface area (Å²) >= 11 is 1.51. The first-order valence-electron chi connectivity index (χ1n) is 7.79. The number of carbonyl (C=O) groups excluding carboxylic acids is 1. The Kier molecular flexibility index (Phi) is 6.28. The quantitative estimate of drug-likeness (QED) is 0.341. The first-order chi connectivity index (χ1) is 9.61. The van der Waals surface area contributed by atoms with Gasteiger partial charge in [0.05, 0.1) is 0 Å². The van der Waals surface area contributed by atoms with Crippen molar-refractivity contribution >= 4 is 17.5 Å². The molecular weight excluding hydrogens is 240 g/mol. The van der Waals surface area contributed by atoms with Crippen molar-refractivity contribution in [2.24, 2.45) is 0 Å². The van der Waals surface area contributed by atoms with Gasteiger partial charge in [0.1, 0.15) is 0 Å². The second kappa shape index (κ2) is 9.21. The molecule has 1 nitrogen and oxygen atoms in total. The van der Waals surface area contributed by atoms with E-state index in [2.05, 4.69) is 6.92 Å². The molecule has 0 bridgehead atoms. The lowest BCUT2D eigenvalue weighted by molar-refractivity contribution is 0.0976. The van der Waals surface area contributed by atoms with Crippen LogP contribution in [-0.2, 0) is 0 Å². The summed E-state index contributed by atoms with van der Waals surface area (Å²) in [5.74, 6) is -0.217. The van der Waals surface area contributed by atoms with Crippen LogP contribution in [0.25, 0.3) is 0 Å². The van der Waals surface area contributed by atoms with Gasteiger partial charge >= 0.3 is 0 Å². The molecule has 1 aromatic carbocycles. The lowest BCUT2D eigenvalue weighted by atomic mass is 10.0. The van der Waals surface area contributed by atoms with E-state index in [0.717, 1.165) is 24.2 Å². The molecular formula is C16H24OS. The molecule has 100 valence electrons. The molecule has 0 saturated carbocycles. The summed E-state index contributed by atoms with van der Waals surface area (Å²) in [5, 5.41) is 0. The minimum Gasteiger partial charge on any atom is -0.294 e. The standard InChI is InChI=1S/C16H24OS/c1-3-4-5-6-7-8-12-15(17)14-11-9-10-13-16(14)18-2/h9-11,13H,3-8,12H2,1-2H3/i8D,12D. The molecule has 1 rings (SSSR count). The van der Waals surface area contributed by atoms with Crippen LogP contribution in [0, 0.1) is 0 Å². The number of rotatable bonds is 9. The number of ketones is 1. The molecule has 2 atom stereocenters. The van der Waals surface area contributed by atoms with Crippen molar-refractivity contribution in [2.45, 2.75) is 56.7 Å². The smallest absolute Gasteiger partial charge is 0.163 e. The van der Waals surface area contributed by atoms with E-state index in [-0.39, 0.29) is 5.78 Å². The maximum atomic E-state index is 12.3. The van der Waals surface area contributed by atoms with Gasteiger partial charge < -0.3 is 0 Å². The molecule has 1 aromatic rings. The van der Waals surface area contributed by atoms with Gasteiger partial charge in [-0.2, -0.15) is 0 Å². The van der Waals surface area contributed by atoms with Crippen molar-refractivity contribution < 1.29 is 7.54 Å². The molecule has 0 spiro atoms. The summed E-state index contributed by atoms with van der Waals surface area (Å²) in [7, 11) is 0. The van der Waals surface area contributed by atoms with Gasteiger partial charge in [0, 0.05) is 19.6 Å². The Bertz CT molecular complexity index is 423. The predicted octanol–water partition coefficient (Wildman–Crippen LogP) is 5.34. The highest BCUT2D eigenvalue weighted by molar-refractivity contribution is 7.98. The SMILES string of the molecule is [2H]C(CCCCCC)C([2H])C(=O)c1ccccc1SC. The van der Waals surface area contributed by atoms with Gasteiger partial charge in [0.15, 0.2) is 5.78 Å². The summed E-state index contributed by atoms with van der Waals surface area (Å²) < 4.78 is 16.0. The zero-order valence-corrected chi connectivity index (χ0v) is 12.1. The molecule has 0 aliphatic carbocycles. The van der Waals surface area contributed by atoms with E-state index in [1.165, 1.54) is 18.2 Å². The van der Waals surface area contributed by atoms with Crippen LogP contribution in [0.3, 0.4) is 0 Å². The van der Waals surface area contributed by atoms with Crippen molar-refractivity contribution in [3.8, 4) is 0 Å². The van der Waals surface area contributed by atoms with Crippen LogP contribution >= 0.6 is 11.8 Å². The number of hydrogen-bond donors (Lipinski definition) is 0.